The minimum absolute atomic E-state index is 0.0224. The Kier molecular flexibility index (Phi) is 6.74. The number of amides is 2. The van der Waals surface area contributed by atoms with E-state index in [4.69, 9.17) is 11.1 Å². The number of carbonyl (C=O) groups is 1. The summed E-state index contributed by atoms with van der Waals surface area (Å²) in [6.45, 7) is 0.304. The van der Waals surface area contributed by atoms with Crippen LogP contribution >= 0.6 is 0 Å². The molecule has 0 spiro atoms. The predicted octanol–water partition coefficient (Wildman–Crippen LogP) is 4.03. The molecule has 0 saturated carbocycles. The monoisotopic (exact) mass is 475 g/mol. The molecular formula is C25H25N5O3S. The van der Waals surface area contributed by atoms with Gasteiger partial charge < -0.3 is 10.6 Å². The maximum atomic E-state index is 13.5. The molecule has 1 aliphatic heterocycles. The third-order valence-corrected chi connectivity index (χ3v) is 6.26. The summed E-state index contributed by atoms with van der Waals surface area (Å²) in [6.07, 6.45) is 0.219. The van der Waals surface area contributed by atoms with Crippen LogP contribution in [-0.2, 0) is 23.5 Å². The Morgan fingerprint density at radius 2 is 1.79 bits per heavy atom. The first kappa shape index (κ1) is 23.2. The van der Waals surface area contributed by atoms with Crippen molar-refractivity contribution in [2.24, 2.45) is 10.1 Å². The van der Waals surface area contributed by atoms with Crippen molar-refractivity contribution in [3.8, 4) is 11.1 Å². The average Bonchev–Trinajstić information content (AvgIpc) is 2.83. The van der Waals surface area contributed by atoms with E-state index < -0.39 is 16.7 Å². The minimum Gasteiger partial charge on any atom is -0.384 e. The van der Waals surface area contributed by atoms with Crippen molar-refractivity contribution in [2.45, 2.75) is 25.6 Å². The van der Waals surface area contributed by atoms with Crippen molar-refractivity contribution in [3.05, 3.63) is 89.5 Å². The van der Waals surface area contributed by atoms with Gasteiger partial charge >= 0.3 is 16.5 Å². The Labute approximate surface area is 199 Å². The van der Waals surface area contributed by atoms with E-state index >= 15 is 0 Å². The number of rotatable bonds is 5. The van der Waals surface area contributed by atoms with E-state index in [0.29, 0.717) is 30.6 Å². The number of hydrogen-bond acceptors (Lipinski definition) is 5. The number of nitrogen functional groups attached to an aromatic ring is 1. The van der Waals surface area contributed by atoms with E-state index in [1.54, 1.807) is 19.2 Å². The molecule has 0 aromatic heterocycles. The van der Waals surface area contributed by atoms with Crippen LogP contribution in [0.15, 0.2) is 77.2 Å². The van der Waals surface area contributed by atoms with Crippen LogP contribution in [0.3, 0.4) is 0 Å². The van der Waals surface area contributed by atoms with Crippen molar-refractivity contribution in [3.63, 3.8) is 0 Å². The number of nitrogens with two attached hydrogens (primary N) is 1. The highest BCUT2D eigenvalue weighted by atomic mass is 32.2. The van der Waals surface area contributed by atoms with Gasteiger partial charge in [-0.2, -0.15) is 8.42 Å². The summed E-state index contributed by atoms with van der Waals surface area (Å²) < 4.78 is 26.6. The zero-order valence-electron chi connectivity index (χ0n) is 18.7. The molecule has 3 aromatic carbocycles. The third-order valence-electron chi connectivity index (χ3n) is 5.84. The molecule has 4 rings (SSSR count). The number of benzene rings is 3. The summed E-state index contributed by atoms with van der Waals surface area (Å²) in [5.41, 5.74) is 10.7. The molecule has 0 aliphatic carbocycles. The molecule has 0 radical (unpaired) electrons. The Bertz CT molecular complexity index is 1350. The van der Waals surface area contributed by atoms with Crippen molar-refractivity contribution < 1.29 is 13.2 Å². The van der Waals surface area contributed by atoms with Gasteiger partial charge in [0.2, 0.25) is 0 Å². The number of amidine groups is 1. The van der Waals surface area contributed by atoms with Crippen LogP contribution < -0.4 is 10.6 Å². The van der Waals surface area contributed by atoms with Gasteiger partial charge in [-0.05, 0) is 47.2 Å². The number of carbonyl (C=O) groups excluding carboxylic acids is 1. The molecule has 0 saturated heterocycles. The second kappa shape index (κ2) is 9.88. The Morgan fingerprint density at radius 3 is 2.44 bits per heavy atom. The van der Waals surface area contributed by atoms with Gasteiger partial charge in [0.25, 0.3) is 0 Å². The van der Waals surface area contributed by atoms with Crippen molar-refractivity contribution in [1.82, 2.24) is 4.90 Å². The zero-order chi connectivity index (χ0) is 24.2. The van der Waals surface area contributed by atoms with Crippen LogP contribution in [0.2, 0.25) is 0 Å². The van der Waals surface area contributed by atoms with Gasteiger partial charge in [-0.1, -0.05) is 60.7 Å². The quantitative estimate of drug-likeness (QED) is 0.427. The van der Waals surface area contributed by atoms with E-state index in [9.17, 15) is 13.2 Å². The maximum Gasteiger partial charge on any atom is 0.326 e. The summed E-state index contributed by atoms with van der Waals surface area (Å²) in [7, 11) is -0.973. The number of urea groups is 1. The highest BCUT2D eigenvalue weighted by Crippen LogP contribution is 2.35. The Hall–Kier alpha value is -3.98. The number of nitrogens with zero attached hydrogens (tertiary/aromatic N) is 3. The fraction of sp³-hybridized carbons (Fsp3) is 0.200. The molecule has 1 unspecified atom stereocenters. The fourth-order valence-electron chi connectivity index (χ4n) is 4.15. The Morgan fingerprint density at radius 1 is 1.09 bits per heavy atom. The summed E-state index contributed by atoms with van der Waals surface area (Å²) in [6, 6.07) is 22.5. The van der Waals surface area contributed by atoms with Gasteiger partial charge in [0, 0.05) is 19.2 Å². The lowest BCUT2D eigenvalue weighted by atomic mass is 9.95. The summed E-state index contributed by atoms with van der Waals surface area (Å²) in [4.78, 5) is 16.5. The summed E-state index contributed by atoms with van der Waals surface area (Å²) >= 11 is 0. The molecule has 2 amide bonds. The average molecular weight is 476 g/mol. The fourth-order valence-corrected chi connectivity index (χ4v) is 4.55. The van der Waals surface area contributed by atoms with Gasteiger partial charge in [0.15, 0.2) is 0 Å². The summed E-state index contributed by atoms with van der Waals surface area (Å²) in [5.74, 6) is -0.0224. The van der Waals surface area contributed by atoms with E-state index in [1.807, 2.05) is 54.6 Å². The van der Waals surface area contributed by atoms with Gasteiger partial charge in [-0.15, -0.1) is 4.36 Å². The molecule has 34 heavy (non-hydrogen) atoms. The van der Waals surface area contributed by atoms with Crippen LogP contribution in [0.25, 0.3) is 11.1 Å². The first-order chi connectivity index (χ1) is 16.3. The normalized spacial score (nSPS) is 14.7. The first-order valence-electron chi connectivity index (χ1n) is 10.8. The lowest BCUT2D eigenvalue weighted by molar-refractivity contribution is 0.210. The molecule has 8 nitrogen and oxygen atoms in total. The second-order valence-corrected chi connectivity index (χ2v) is 8.82. The molecule has 1 atom stereocenters. The van der Waals surface area contributed by atoms with E-state index in [-0.39, 0.29) is 11.9 Å². The molecule has 1 aliphatic rings. The second-order valence-electron chi connectivity index (χ2n) is 8.17. The zero-order valence-corrected chi connectivity index (χ0v) is 19.5. The molecule has 1 heterocycles. The number of fused-ring (bicyclic) bond motifs is 1. The smallest absolute Gasteiger partial charge is 0.326 e. The van der Waals surface area contributed by atoms with Crippen LogP contribution in [0.1, 0.15) is 23.1 Å². The largest absolute Gasteiger partial charge is 0.384 e. The highest BCUT2D eigenvalue weighted by Gasteiger charge is 2.33. The SMILES string of the molecule is CN(Cc1ccc(C(=N)N)cc1)C(=O)N1c2ccc(-c3ccccc3)cc2CCC1N=S(=O)=O. The molecule has 9 heteroatoms. The predicted molar refractivity (Wildman–Crippen MR) is 132 cm³/mol. The maximum absolute atomic E-state index is 13.5. The van der Waals surface area contributed by atoms with Crippen LogP contribution in [-0.4, -0.2) is 38.4 Å². The number of hydrogen-bond donors (Lipinski definition) is 2. The number of aryl methyl sites for hydroxylation is 1. The number of anilines is 1. The van der Waals surface area contributed by atoms with Gasteiger partial charge in [-0.3, -0.25) is 10.3 Å². The minimum atomic E-state index is -2.64. The molecular weight excluding hydrogens is 450 g/mol. The van der Waals surface area contributed by atoms with Crippen LogP contribution in [0.5, 0.6) is 0 Å². The third kappa shape index (κ3) is 4.99. The molecule has 174 valence electrons. The van der Waals surface area contributed by atoms with Crippen molar-refractivity contribution in [1.29, 1.82) is 5.41 Å². The van der Waals surface area contributed by atoms with Crippen molar-refractivity contribution >= 4 is 28.1 Å². The van der Waals surface area contributed by atoms with Gasteiger partial charge in [0.05, 0.1) is 5.69 Å². The topological polar surface area (TPSA) is 120 Å². The Balaban J connectivity index is 1.65. The summed E-state index contributed by atoms with van der Waals surface area (Å²) in [5, 5.41) is 7.51. The van der Waals surface area contributed by atoms with E-state index in [0.717, 1.165) is 22.3 Å². The standard InChI is InChI=1S/C25H25N5O3S/c1-29(16-17-7-9-19(10-8-17)24(26)27)25(31)30-22-13-11-20(18-5-3-2-4-6-18)15-21(22)12-14-23(30)28-34(32)33/h2-11,13,15,23H,12,14,16H2,1H3,(H3,26,27). The molecule has 3 N–H and O–H groups in total. The van der Waals surface area contributed by atoms with Crippen LogP contribution in [0.4, 0.5) is 10.5 Å². The lowest BCUT2D eigenvalue weighted by Crippen LogP contribution is -2.48. The lowest BCUT2D eigenvalue weighted by Gasteiger charge is -2.36. The van der Waals surface area contributed by atoms with Crippen LogP contribution in [0, 0.1) is 5.41 Å². The molecule has 0 bridgehead atoms. The van der Waals surface area contributed by atoms with E-state index in [2.05, 4.69) is 10.4 Å². The molecule has 0 fully saturated rings. The van der Waals surface area contributed by atoms with E-state index in [1.165, 1.54) is 9.80 Å². The van der Waals surface area contributed by atoms with Gasteiger partial charge in [-0.25, -0.2) is 4.79 Å². The van der Waals surface area contributed by atoms with Crippen molar-refractivity contribution in [2.75, 3.05) is 11.9 Å². The molecule has 3 aromatic rings. The van der Waals surface area contributed by atoms with Gasteiger partial charge in [0.1, 0.15) is 12.0 Å². The highest BCUT2D eigenvalue weighted by molar-refractivity contribution is 7.61. The first-order valence-corrected chi connectivity index (χ1v) is 11.8. The number of nitrogens with one attached hydrogen (secondary N) is 1.